The molecule has 2 aliphatic rings. The molecule has 1 fully saturated rings. The molecule has 6 nitrogen and oxygen atoms in total. The van der Waals surface area contributed by atoms with Crippen LogP contribution in [-0.4, -0.2) is 46.9 Å². The van der Waals surface area contributed by atoms with Crippen LogP contribution in [0.15, 0.2) is 64.4 Å². The number of nitrogens with zero attached hydrogens (tertiary/aromatic N) is 3. The number of hydrogen-bond acceptors (Lipinski definition) is 7. The van der Waals surface area contributed by atoms with E-state index in [0.717, 1.165) is 28.0 Å². The molecule has 1 saturated heterocycles. The number of methoxy groups -OCH3 is 1. The van der Waals surface area contributed by atoms with Crippen LogP contribution in [0, 0.1) is 5.92 Å². The minimum absolute atomic E-state index is 0.00486. The van der Waals surface area contributed by atoms with Crippen molar-refractivity contribution in [3.8, 4) is 5.88 Å². The molecule has 1 amide bonds. The number of carbonyl (C=O) groups excluding carboxylic acids is 1. The number of rotatable bonds is 6. The van der Waals surface area contributed by atoms with Crippen molar-refractivity contribution >= 4 is 71.7 Å². The molecule has 4 aromatic rings. The first-order valence-electron chi connectivity index (χ1n) is 12.7. The Labute approximate surface area is 233 Å². The molecule has 4 heterocycles. The third kappa shape index (κ3) is 4.95. The number of hydrogen-bond donors (Lipinski definition) is 1. The number of pyridine rings is 1. The van der Waals surface area contributed by atoms with Crippen LogP contribution in [0.1, 0.15) is 31.2 Å². The Morgan fingerprint density at radius 3 is 2.84 bits per heavy atom. The number of thiazole rings is 1. The van der Waals surface area contributed by atoms with Gasteiger partial charge < -0.3 is 15.0 Å². The van der Waals surface area contributed by atoms with Gasteiger partial charge in [-0.3, -0.25) is 4.79 Å². The van der Waals surface area contributed by atoms with Gasteiger partial charge in [-0.2, -0.15) is 10.5 Å². The predicted molar refractivity (Wildman–Crippen MR) is 162 cm³/mol. The van der Waals surface area contributed by atoms with Crippen molar-refractivity contribution in [1.82, 2.24) is 9.97 Å². The second-order valence-corrected chi connectivity index (χ2v) is 14.0. The standard InChI is InChI=1S/C29H30N4O2S3/c1-4-38-14-13-18(17-38)15-20(27(34)32-29-30-21-10-12-26(35-3)31-28(21)37-29)19-9-11-25-23(16-19)33(2)22-7-5-6-8-24(22)36-25/h4-12,16,18,20H,13-15,17H2,1-3H3,(H,30,32,34). The molecule has 3 atom stereocenters. The average molecular weight is 563 g/mol. The maximum atomic E-state index is 13.9. The van der Waals surface area contributed by atoms with E-state index in [1.807, 2.05) is 6.07 Å². The van der Waals surface area contributed by atoms with E-state index in [-0.39, 0.29) is 11.8 Å². The molecule has 0 spiro atoms. The van der Waals surface area contributed by atoms with E-state index in [9.17, 15) is 4.79 Å². The molecule has 196 valence electrons. The number of ether oxygens (including phenoxy) is 1. The zero-order chi connectivity index (χ0) is 26.2. The number of fused-ring (bicyclic) bond motifs is 3. The number of nitrogens with one attached hydrogen (secondary N) is 1. The van der Waals surface area contributed by atoms with Crippen LogP contribution in [0.5, 0.6) is 5.88 Å². The molecule has 3 unspecified atom stereocenters. The smallest absolute Gasteiger partial charge is 0.233 e. The lowest BCUT2D eigenvalue weighted by Crippen LogP contribution is -2.24. The second kappa shape index (κ2) is 10.7. The van der Waals surface area contributed by atoms with Crippen LogP contribution < -0.4 is 15.0 Å². The predicted octanol–water partition coefficient (Wildman–Crippen LogP) is 7.16. The first-order valence-corrected chi connectivity index (χ1v) is 16.0. The zero-order valence-electron chi connectivity index (χ0n) is 21.6. The Morgan fingerprint density at radius 1 is 1.18 bits per heavy atom. The Bertz CT molecular complexity index is 1550. The van der Waals surface area contributed by atoms with E-state index in [0.29, 0.717) is 27.4 Å². The molecule has 38 heavy (non-hydrogen) atoms. The highest BCUT2D eigenvalue weighted by Crippen LogP contribution is 2.48. The van der Waals surface area contributed by atoms with E-state index >= 15 is 0 Å². The molecule has 2 aromatic carbocycles. The molecule has 0 saturated carbocycles. The maximum absolute atomic E-state index is 13.9. The third-order valence-electron chi connectivity index (χ3n) is 7.32. The fourth-order valence-corrected chi connectivity index (χ4v) is 9.34. The van der Waals surface area contributed by atoms with E-state index in [1.165, 1.54) is 44.7 Å². The SMILES string of the molecule is C/C=S1\CCC(CC(C(=O)Nc2nc3ccc(OC)nc3s2)c2ccc3c(c2)N(C)c2ccccc2S3)C1. The summed E-state index contributed by atoms with van der Waals surface area (Å²) in [6, 6.07) is 18.7. The molecule has 2 aliphatic heterocycles. The first kappa shape index (κ1) is 25.4. The number of para-hydroxylation sites is 1. The molecule has 6 rings (SSSR count). The first-order chi connectivity index (χ1) is 18.5. The Kier molecular flexibility index (Phi) is 7.16. The van der Waals surface area contributed by atoms with Crippen molar-refractivity contribution in [2.45, 2.75) is 35.5 Å². The van der Waals surface area contributed by atoms with Gasteiger partial charge in [0.15, 0.2) is 5.13 Å². The van der Waals surface area contributed by atoms with Gasteiger partial charge in [0.1, 0.15) is 10.3 Å². The van der Waals surface area contributed by atoms with Gasteiger partial charge >= 0.3 is 0 Å². The van der Waals surface area contributed by atoms with Gasteiger partial charge in [0.2, 0.25) is 11.8 Å². The third-order valence-corrected chi connectivity index (χ3v) is 11.7. The number of aromatic nitrogens is 2. The summed E-state index contributed by atoms with van der Waals surface area (Å²) >= 11 is 3.17. The van der Waals surface area contributed by atoms with Crippen LogP contribution in [-0.2, 0) is 4.79 Å². The molecule has 0 aliphatic carbocycles. The average Bonchev–Trinajstić information content (AvgIpc) is 3.57. The molecular formula is C29H30N4O2S3. The van der Waals surface area contributed by atoms with Crippen molar-refractivity contribution in [1.29, 1.82) is 0 Å². The van der Waals surface area contributed by atoms with Crippen molar-refractivity contribution in [3.05, 3.63) is 60.2 Å². The molecule has 0 radical (unpaired) electrons. The van der Waals surface area contributed by atoms with Crippen LogP contribution in [0.4, 0.5) is 16.5 Å². The summed E-state index contributed by atoms with van der Waals surface area (Å²) in [5.41, 5.74) is 4.15. The van der Waals surface area contributed by atoms with Gasteiger partial charge in [-0.05, 0) is 73.1 Å². The van der Waals surface area contributed by atoms with Crippen molar-refractivity contribution in [2.24, 2.45) is 5.92 Å². The number of amides is 1. The summed E-state index contributed by atoms with van der Waals surface area (Å²) in [6.07, 6.45) is 2.02. The number of anilines is 3. The highest BCUT2D eigenvalue weighted by atomic mass is 32.2. The highest BCUT2D eigenvalue weighted by Gasteiger charge is 2.30. The topological polar surface area (TPSA) is 67.3 Å². The zero-order valence-corrected chi connectivity index (χ0v) is 24.1. The van der Waals surface area contributed by atoms with Gasteiger partial charge in [0.25, 0.3) is 0 Å². The summed E-state index contributed by atoms with van der Waals surface area (Å²) in [5.74, 6) is 3.24. The largest absolute Gasteiger partial charge is 0.481 e. The monoisotopic (exact) mass is 562 g/mol. The van der Waals surface area contributed by atoms with E-state index in [1.54, 1.807) is 24.9 Å². The molecule has 2 aromatic heterocycles. The summed E-state index contributed by atoms with van der Waals surface area (Å²) in [7, 11) is 4.07. The fraction of sp³-hybridized carbons (Fsp3) is 0.310. The van der Waals surface area contributed by atoms with E-state index in [4.69, 9.17) is 4.74 Å². The van der Waals surface area contributed by atoms with Crippen LogP contribution in [0.3, 0.4) is 0 Å². The molecule has 1 N–H and O–H groups in total. The number of benzene rings is 2. The van der Waals surface area contributed by atoms with Crippen LogP contribution >= 0.6 is 33.6 Å². The van der Waals surface area contributed by atoms with Gasteiger partial charge in [-0.15, -0.1) is 0 Å². The minimum atomic E-state index is -0.254. The Hall–Kier alpha value is -2.88. The highest BCUT2D eigenvalue weighted by molar-refractivity contribution is 8.15. The van der Waals surface area contributed by atoms with Crippen LogP contribution in [0.25, 0.3) is 10.3 Å². The lowest BCUT2D eigenvalue weighted by Gasteiger charge is -2.30. The van der Waals surface area contributed by atoms with Gasteiger partial charge in [-0.1, -0.05) is 46.7 Å². The normalized spacial score (nSPS) is 19.3. The van der Waals surface area contributed by atoms with Crippen molar-refractivity contribution in [2.75, 3.05) is 35.9 Å². The van der Waals surface area contributed by atoms with E-state index < -0.39 is 0 Å². The van der Waals surface area contributed by atoms with Crippen LogP contribution in [0.2, 0.25) is 0 Å². The fourth-order valence-electron chi connectivity index (χ4n) is 5.24. The molecule has 9 heteroatoms. The maximum Gasteiger partial charge on any atom is 0.233 e. The Morgan fingerprint density at radius 2 is 2.03 bits per heavy atom. The van der Waals surface area contributed by atoms with Gasteiger partial charge in [0, 0.05) is 22.9 Å². The van der Waals surface area contributed by atoms with Gasteiger partial charge in [-0.25, -0.2) is 9.97 Å². The Balaban J connectivity index is 1.31. The minimum Gasteiger partial charge on any atom is -0.481 e. The summed E-state index contributed by atoms with van der Waals surface area (Å²) in [6.45, 7) is 2.17. The number of carbonyl (C=O) groups is 1. The van der Waals surface area contributed by atoms with Crippen molar-refractivity contribution < 1.29 is 9.53 Å². The summed E-state index contributed by atoms with van der Waals surface area (Å²) in [4.78, 5) is 28.4. The quantitative estimate of drug-likeness (QED) is 0.252. The summed E-state index contributed by atoms with van der Waals surface area (Å²) in [5, 5.41) is 6.06. The lowest BCUT2D eigenvalue weighted by molar-refractivity contribution is -0.118. The molecular weight excluding hydrogens is 533 g/mol. The molecule has 0 bridgehead atoms. The second-order valence-electron chi connectivity index (χ2n) is 9.63. The van der Waals surface area contributed by atoms with E-state index in [2.05, 4.69) is 82.0 Å². The van der Waals surface area contributed by atoms with Crippen molar-refractivity contribution in [3.63, 3.8) is 0 Å². The summed E-state index contributed by atoms with van der Waals surface area (Å²) < 4.78 is 5.25. The lowest BCUT2D eigenvalue weighted by atomic mass is 9.87. The van der Waals surface area contributed by atoms with Gasteiger partial charge in [0.05, 0.1) is 24.4 Å².